The van der Waals surface area contributed by atoms with Gasteiger partial charge in [0.05, 0.1) is 4.88 Å². The molecule has 122 valence electrons. The summed E-state index contributed by atoms with van der Waals surface area (Å²) in [6.45, 7) is 2.01. The molecular formula is C19H25N2OS+. The first-order chi connectivity index (χ1) is 11.2. The van der Waals surface area contributed by atoms with E-state index in [0.717, 1.165) is 12.8 Å². The summed E-state index contributed by atoms with van der Waals surface area (Å²) < 4.78 is 0. The van der Waals surface area contributed by atoms with Crippen molar-refractivity contribution >= 4 is 17.2 Å². The molecule has 1 aliphatic rings. The molecule has 3 rings (SSSR count). The van der Waals surface area contributed by atoms with E-state index in [0.29, 0.717) is 6.04 Å². The highest BCUT2D eigenvalue weighted by molar-refractivity contribution is 7.10. The first-order valence-electron chi connectivity index (χ1n) is 8.48. The highest BCUT2D eigenvalue weighted by Gasteiger charge is 2.27. The molecule has 0 aliphatic heterocycles. The number of rotatable bonds is 6. The molecule has 2 aromatic rings. The molecule has 4 heteroatoms. The van der Waals surface area contributed by atoms with Crippen LogP contribution in [0.3, 0.4) is 0 Å². The topological polar surface area (TPSA) is 45.7 Å². The molecule has 1 heterocycles. The van der Waals surface area contributed by atoms with E-state index in [1.165, 1.54) is 23.3 Å². The maximum absolute atomic E-state index is 12.5. The molecule has 0 spiro atoms. The smallest absolute Gasteiger partial charge is 0.278 e. The van der Waals surface area contributed by atoms with Gasteiger partial charge in [0.1, 0.15) is 6.04 Å². The fourth-order valence-corrected chi connectivity index (χ4v) is 4.11. The van der Waals surface area contributed by atoms with Crippen molar-refractivity contribution < 1.29 is 10.1 Å². The number of hydrogen-bond acceptors (Lipinski definition) is 2. The van der Waals surface area contributed by atoms with E-state index >= 15 is 0 Å². The van der Waals surface area contributed by atoms with Crippen molar-refractivity contribution in [3.05, 3.63) is 58.3 Å². The van der Waals surface area contributed by atoms with Crippen LogP contribution in [0.15, 0.2) is 47.8 Å². The summed E-state index contributed by atoms with van der Waals surface area (Å²) in [6.07, 6.45) is 4.74. The summed E-state index contributed by atoms with van der Waals surface area (Å²) in [5.74, 6) is 0.161. The highest BCUT2D eigenvalue weighted by atomic mass is 32.1. The number of carbonyl (C=O) groups excluding carboxylic acids is 1. The van der Waals surface area contributed by atoms with Crippen LogP contribution in [-0.2, 0) is 4.79 Å². The lowest BCUT2D eigenvalue weighted by Gasteiger charge is -2.21. The van der Waals surface area contributed by atoms with E-state index < -0.39 is 0 Å². The summed E-state index contributed by atoms with van der Waals surface area (Å²) in [6, 6.07) is 15.1. The van der Waals surface area contributed by atoms with E-state index in [1.54, 1.807) is 11.3 Å². The minimum absolute atomic E-state index is 0.0945. The molecule has 1 amide bonds. The Bertz CT molecular complexity index is 606. The fourth-order valence-electron chi connectivity index (χ4n) is 3.28. The Morgan fingerprint density at radius 1 is 1.17 bits per heavy atom. The Kier molecular flexibility index (Phi) is 5.47. The van der Waals surface area contributed by atoms with Gasteiger partial charge in [-0.1, -0.05) is 49.2 Å². The molecule has 1 fully saturated rings. The normalized spacial score (nSPS) is 17.8. The Hall–Kier alpha value is -1.65. The zero-order chi connectivity index (χ0) is 16.1. The predicted molar refractivity (Wildman–Crippen MR) is 94.4 cm³/mol. The average molecular weight is 329 g/mol. The molecule has 0 saturated heterocycles. The van der Waals surface area contributed by atoms with Crippen LogP contribution in [0.5, 0.6) is 0 Å². The number of benzene rings is 1. The molecular weight excluding hydrogens is 304 g/mol. The monoisotopic (exact) mass is 329 g/mol. The lowest BCUT2D eigenvalue weighted by molar-refractivity contribution is -0.704. The zero-order valence-corrected chi connectivity index (χ0v) is 14.4. The maximum atomic E-state index is 12.5. The molecule has 3 nitrogen and oxygen atoms in total. The fraction of sp³-hybridized carbons (Fsp3) is 0.421. The van der Waals surface area contributed by atoms with Gasteiger partial charge in [0.15, 0.2) is 6.04 Å². The predicted octanol–water partition coefficient (Wildman–Crippen LogP) is 2.85. The molecule has 0 unspecified atom stereocenters. The van der Waals surface area contributed by atoms with Crippen LogP contribution in [0.25, 0.3) is 0 Å². The van der Waals surface area contributed by atoms with Crippen LogP contribution in [0.4, 0.5) is 0 Å². The standard InChI is InChI=1S/C19H24N2OS/c1-14(19(22)21-16-10-5-6-11-16)20-18(17-12-7-13-23-17)15-8-3-2-4-9-15/h2-4,7-9,12-14,16,18,20H,5-6,10-11H2,1H3,(H,21,22)/p+1/t14-,18+/m1/s1. The maximum Gasteiger partial charge on any atom is 0.278 e. The second-order valence-electron chi connectivity index (χ2n) is 6.37. The van der Waals surface area contributed by atoms with Crippen LogP contribution >= 0.6 is 11.3 Å². The van der Waals surface area contributed by atoms with Crippen LogP contribution in [0, 0.1) is 0 Å². The van der Waals surface area contributed by atoms with Gasteiger partial charge in [-0.05, 0) is 31.2 Å². The summed E-state index contributed by atoms with van der Waals surface area (Å²) in [7, 11) is 0. The number of amides is 1. The van der Waals surface area contributed by atoms with Gasteiger partial charge in [-0.15, -0.1) is 11.3 Å². The van der Waals surface area contributed by atoms with Gasteiger partial charge < -0.3 is 10.6 Å². The van der Waals surface area contributed by atoms with Gasteiger partial charge >= 0.3 is 0 Å². The first-order valence-corrected chi connectivity index (χ1v) is 9.35. The van der Waals surface area contributed by atoms with Gasteiger partial charge in [0.2, 0.25) is 0 Å². The minimum Gasteiger partial charge on any atom is -0.348 e. The van der Waals surface area contributed by atoms with Crippen molar-refractivity contribution in [3.63, 3.8) is 0 Å². The summed E-state index contributed by atoms with van der Waals surface area (Å²) in [5, 5.41) is 7.50. The molecule has 23 heavy (non-hydrogen) atoms. The van der Waals surface area contributed by atoms with Gasteiger partial charge in [-0.2, -0.15) is 0 Å². The van der Waals surface area contributed by atoms with Gasteiger partial charge in [-0.25, -0.2) is 0 Å². The van der Waals surface area contributed by atoms with E-state index in [2.05, 4.69) is 52.4 Å². The Balaban J connectivity index is 1.69. The Morgan fingerprint density at radius 3 is 2.57 bits per heavy atom. The summed E-state index contributed by atoms with van der Waals surface area (Å²) >= 11 is 1.75. The van der Waals surface area contributed by atoms with Crippen molar-refractivity contribution in [2.75, 3.05) is 0 Å². The third-order valence-electron chi connectivity index (χ3n) is 4.60. The Morgan fingerprint density at radius 2 is 1.91 bits per heavy atom. The lowest BCUT2D eigenvalue weighted by atomic mass is 10.0. The van der Waals surface area contributed by atoms with Crippen molar-refractivity contribution in [1.82, 2.24) is 5.32 Å². The molecule has 1 aromatic heterocycles. The van der Waals surface area contributed by atoms with Gasteiger partial charge in [0, 0.05) is 11.6 Å². The number of nitrogens with two attached hydrogens (primary N) is 1. The molecule has 1 saturated carbocycles. The third kappa shape index (κ3) is 4.21. The number of thiophene rings is 1. The quantitative estimate of drug-likeness (QED) is 0.841. The Labute approximate surface area is 142 Å². The van der Waals surface area contributed by atoms with Crippen LogP contribution in [0.1, 0.15) is 49.1 Å². The number of carbonyl (C=O) groups is 1. The molecule has 1 aromatic carbocycles. The average Bonchev–Trinajstić information content (AvgIpc) is 3.26. The zero-order valence-electron chi connectivity index (χ0n) is 13.6. The van der Waals surface area contributed by atoms with Crippen molar-refractivity contribution in [1.29, 1.82) is 0 Å². The second-order valence-corrected chi connectivity index (χ2v) is 7.35. The van der Waals surface area contributed by atoms with E-state index in [9.17, 15) is 4.79 Å². The molecule has 1 aliphatic carbocycles. The highest BCUT2D eigenvalue weighted by Crippen LogP contribution is 2.23. The molecule has 3 N–H and O–H groups in total. The molecule has 0 bridgehead atoms. The van der Waals surface area contributed by atoms with Crippen molar-refractivity contribution in [3.8, 4) is 0 Å². The van der Waals surface area contributed by atoms with Crippen molar-refractivity contribution in [2.45, 2.75) is 50.7 Å². The molecule has 0 radical (unpaired) electrons. The minimum atomic E-state index is -0.0945. The van der Waals surface area contributed by atoms with Gasteiger partial charge in [0.25, 0.3) is 5.91 Å². The number of nitrogens with one attached hydrogen (secondary N) is 1. The SMILES string of the molecule is C[C@@H]([NH2+][C@@H](c1ccccc1)c1cccs1)C(=O)NC1CCCC1. The van der Waals surface area contributed by atoms with Crippen LogP contribution in [0.2, 0.25) is 0 Å². The summed E-state index contributed by atoms with van der Waals surface area (Å²) in [5.41, 5.74) is 1.25. The largest absolute Gasteiger partial charge is 0.348 e. The van der Waals surface area contributed by atoms with Gasteiger partial charge in [-0.3, -0.25) is 4.79 Å². The van der Waals surface area contributed by atoms with Crippen LogP contribution in [-0.4, -0.2) is 18.0 Å². The number of hydrogen-bond donors (Lipinski definition) is 2. The van der Waals surface area contributed by atoms with E-state index in [-0.39, 0.29) is 18.0 Å². The van der Waals surface area contributed by atoms with E-state index in [1.807, 2.05) is 13.0 Å². The summed E-state index contributed by atoms with van der Waals surface area (Å²) in [4.78, 5) is 13.8. The second kappa shape index (κ2) is 7.75. The third-order valence-corrected chi connectivity index (χ3v) is 5.56. The molecule has 2 atom stereocenters. The lowest BCUT2D eigenvalue weighted by Crippen LogP contribution is -2.92. The van der Waals surface area contributed by atoms with Crippen LogP contribution < -0.4 is 10.6 Å². The number of quaternary nitrogens is 1. The van der Waals surface area contributed by atoms with Crippen molar-refractivity contribution in [2.24, 2.45) is 0 Å². The first kappa shape index (κ1) is 16.2. The van der Waals surface area contributed by atoms with E-state index in [4.69, 9.17) is 0 Å².